The molecule has 7 heteroatoms. The van der Waals surface area contributed by atoms with Crippen LogP contribution in [0, 0.1) is 0 Å². The van der Waals surface area contributed by atoms with E-state index in [2.05, 4.69) is 10.5 Å². The third kappa shape index (κ3) is 4.85. The molecule has 0 saturated heterocycles. The van der Waals surface area contributed by atoms with Gasteiger partial charge in [-0.05, 0) is 42.0 Å². The first-order chi connectivity index (χ1) is 11.1. The van der Waals surface area contributed by atoms with Gasteiger partial charge in [-0.2, -0.15) is 5.10 Å². The second-order valence-corrected chi connectivity index (χ2v) is 4.54. The van der Waals surface area contributed by atoms with Crippen LogP contribution in [-0.4, -0.2) is 29.7 Å². The number of amides is 2. The van der Waals surface area contributed by atoms with Gasteiger partial charge in [0, 0.05) is 0 Å². The molecule has 0 aliphatic heterocycles. The number of hydrogen-bond acceptors (Lipinski definition) is 5. The summed E-state index contributed by atoms with van der Waals surface area (Å²) in [5, 5.41) is 13.4. The average molecular weight is 313 g/mol. The second-order valence-electron chi connectivity index (χ2n) is 4.54. The first kappa shape index (κ1) is 16.0. The van der Waals surface area contributed by atoms with E-state index in [9.17, 15) is 14.7 Å². The Hall–Kier alpha value is -3.35. The van der Waals surface area contributed by atoms with Gasteiger partial charge in [0.05, 0.1) is 11.8 Å². The lowest BCUT2D eigenvalue weighted by Gasteiger charge is -2.03. The Labute approximate surface area is 132 Å². The summed E-state index contributed by atoms with van der Waals surface area (Å²) in [4.78, 5) is 22.4. The molecule has 4 N–H and O–H groups in total. The van der Waals surface area contributed by atoms with E-state index >= 15 is 0 Å². The normalized spacial score (nSPS) is 10.4. The van der Waals surface area contributed by atoms with Crippen LogP contribution in [0.2, 0.25) is 0 Å². The number of nitrogens with zero attached hydrogens (tertiary/aromatic N) is 1. The van der Waals surface area contributed by atoms with E-state index in [0.29, 0.717) is 11.3 Å². The van der Waals surface area contributed by atoms with Gasteiger partial charge in [0.15, 0.2) is 6.61 Å². The number of hydrogen-bond donors (Lipinski definition) is 3. The number of benzene rings is 2. The standard InChI is InChI=1S/C16H15N3O4/c17-15(21)10-23-12-7-5-11(6-8-12)9-18-19-16(22)13-3-1-2-4-14(13)20/h1-9,20H,10H2,(H2,17,21)(H,19,22)/b18-9+. The smallest absolute Gasteiger partial charge is 0.275 e. The summed E-state index contributed by atoms with van der Waals surface area (Å²) < 4.78 is 5.12. The van der Waals surface area contributed by atoms with Gasteiger partial charge in [-0.1, -0.05) is 12.1 Å². The zero-order valence-electron chi connectivity index (χ0n) is 12.1. The van der Waals surface area contributed by atoms with E-state index in [0.717, 1.165) is 0 Å². The number of para-hydroxylation sites is 1. The summed E-state index contributed by atoms with van der Waals surface area (Å²) in [5.41, 5.74) is 8.16. The van der Waals surface area contributed by atoms with Crippen molar-refractivity contribution in [2.24, 2.45) is 10.8 Å². The van der Waals surface area contributed by atoms with Gasteiger partial charge < -0.3 is 15.6 Å². The predicted molar refractivity (Wildman–Crippen MR) is 84.3 cm³/mol. The number of nitrogens with one attached hydrogen (secondary N) is 1. The SMILES string of the molecule is NC(=O)COc1ccc(/C=N/NC(=O)c2ccccc2O)cc1. The Morgan fingerprint density at radius 3 is 2.52 bits per heavy atom. The van der Waals surface area contributed by atoms with Crippen molar-refractivity contribution in [3.8, 4) is 11.5 Å². The zero-order chi connectivity index (χ0) is 16.7. The molecular weight excluding hydrogens is 298 g/mol. The summed E-state index contributed by atoms with van der Waals surface area (Å²) in [5.74, 6) is -0.682. The fourth-order valence-corrected chi connectivity index (χ4v) is 1.70. The summed E-state index contributed by atoms with van der Waals surface area (Å²) in [6, 6.07) is 12.9. The molecule has 0 bridgehead atoms. The summed E-state index contributed by atoms with van der Waals surface area (Å²) in [6.45, 7) is -0.190. The van der Waals surface area contributed by atoms with Gasteiger partial charge in [-0.3, -0.25) is 9.59 Å². The molecule has 0 spiro atoms. The van der Waals surface area contributed by atoms with Crippen LogP contribution in [0.4, 0.5) is 0 Å². The lowest BCUT2D eigenvalue weighted by molar-refractivity contribution is -0.119. The molecule has 2 aromatic rings. The van der Waals surface area contributed by atoms with Crippen molar-refractivity contribution in [1.82, 2.24) is 5.43 Å². The molecule has 0 saturated carbocycles. The Morgan fingerprint density at radius 2 is 1.87 bits per heavy atom. The first-order valence-corrected chi connectivity index (χ1v) is 6.69. The second kappa shape index (κ2) is 7.60. The van der Waals surface area contributed by atoms with Crippen molar-refractivity contribution in [1.29, 1.82) is 0 Å². The minimum absolute atomic E-state index is 0.115. The molecule has 0 radical (unpaired) electrons. The summed E-state index contributed by atoms with van der Waals surface area (Å²) in [7, 11) is 0. The molecule has 118 valence electrons. The number of phenolic OH excluding ortho intramolecular Hbond substituents is 1. The third-order valence-corrected chi connectivity index (χ3v) is 2.79. The molecule has 0 heterocycles. The highest BCUT2D eigenvalue weighted by atomic mass is 16.5. The molecule has 0 aromatic heterocycles. The predicted octanol–water partition coefficient (Wildman–Crippen LogP) is 1.02. The lowest BCUT2D eigenvalue weighted by atomic mass is 10.2. The Balaban J connectivity index is 1.92. The Kier molecular flexibility index (Phi) is 5.30. The van der Waals surface area contributed by atoms with Crippen LogP contribution in [0.3, 0.4) is 0 Å². The molecule has 7 nitrogen and oxygen atoms in total. The molecular formula is C16H15N3O4. The van der Waals surface area contributed by atoms with Crippen molar-refractivity contribution in [2.75, 3.05) is 6.61 Å². The summed E-state index contributed by atoms with van der Waals surface area (Å²) in [6.07, 6.45) is 1.44. The van der Waals surface area contributed by atoms with Crippen molar-refractivity contribution >= 4 is 18.0 Å². The highest BCUT2D eigenvalue weighted by Gasteiger charge is 2.08. The van der Waals surface area contributed by atoms with Gasteiger partial charge in [0.1, 0.15) is 11.5 Å². The van der Waals surface area contributed by atoms with E-state index in [4.69, 9.17) is 10.5 Å². The monoisotopic (exact) mass is 313 g/mol. The lowest BCUT2D eigenvalue weighted by Crippen LogP contribution is -2.20. The van der Waals surface area contributed by atoms with E-state index in [-0.39, 0.29) is 17.9 Å². The van der Waals surface area contributed by atoms with E-state index in [1.807, 2.05) is 0 Å². The maximum atomic E-state index is 11.8. The molecule has 0 unspecified atom stereocenters. The number of primary amides is 1. The number of phenols is 1. The third-order valence-electron chi connectivity index (χ3n) is 2.79. The highest BCUT2D eigenvalue weighted by Crippen LogP contribution is 2.15. The highest BCUT2D eigenvalue weighted by molar-refractivity contribution is 5.97. The van der Waals surface area contributed by atoms with Crippen LogP contribution in [0.15, 0.2) is 53.6 Å². The maximum Gasteiger partial charge on any atom is 0.275 e. The van der Waals surface area contributed by atoms with Gasteiger partial charge in [0.2, 0.25) is 0 Å². The summed E-state index contributed by atoms with van der Waals surface area (Å²) >= 11 is 0. The van der Waals surface area contributed by atoms with E-state index in [1.165, 1.54) is 18.3 Å². The molecule has 0 atom stereocenters. The molecule has 2 aromatic carbocycles. The minimum atomic E-state index is -0.553. The fraction of sp³-hybridized carbons (Fsp3) is 0.0625. The minimum Gasteiger partial charge on any atom is -0.507 e. The van der Waals surface area contributed by atoms with Gasteiger partial charge in [-0.15, -0.1) is 0 Å². The number of carbonyl (C=O) groups excluding carboxylic acids is 2. The molecule has 2 rings (SSSR count). The van der Waals surface area contributed by atoms with Crippen molar-refractivity contribution < 1.29 is 19.4 Å². The van der Waals surface area contributed by atoms with E-state index < -0.39 is 11.8 Å². The quantitative estimate of drug-likeness (QED) is 0.545. The number of aromatic hydroxyl groups is 1. The topological polar surface area (TPSA) is 114 Å². The van der Waals surface area contributed by atoms with Gasteiger partial charge in [-0.25, -0.2) is 5.43 Å². The molecule has 0 aliphatic carbocycles. The van der Waals surface area contributed by atoms with Crippen molar-refractivity contribution in [2.45, 2.75) is 0 Å². The number of nitrogens with two attached hydrogens (primary N) is 1. The van der Waals surface area contributed by atoms with Gasteiger partial charge >= 0.3 is 0 Å². The number of carbonyl (C=O) groups is 2. The van der Waals surface area contributed by atoms with Crippen LogP contribution in [0.5, 0.6) is 11.5 Å². The molecule has 2 amide bonds. The van der Waals surface area contributed by atoms with Crippen LogP contribution in [0.1, 0.15) is 15.9 Å². The molecule has 23 heavy (non-hydrogen) atoms. The van der Waals surface area contributed by atoms with Crippen molar-refractivity contribution in [3.05, 3.63) is 59.7 Å². The molecule has 0 fully saturated rings. The van der Waals surface area contributed by atoms with Crippen LogP contribution >= 0.6 is 0 Å². The Morgan fingerprint density at radius 1 is 1.17 bits per heavy atom. The first-order valence-electron chi connectivity index (χ1n) is 6.69. The van der Waals surface area contributed by atoms with Crippen LogP contribution in [-0.2, 0) is 4.79 Å². The number of hydrazone groups is 1. The Bertz CT molecular complexity index is 726. The van der Waals surface area contributed by atoms with Crippen LogP contribution < -0.4 is 15.9 Å². The fourth-order valence-electron chi connectivity index (χ4n) is 1.70. The molecule has 0 aliphatic rings. The average Bonchev–Trinajstić information content (AvgIpc) is 2.54. The number of ether oxygens (including phenoxy) is 1. The number of rotatable bonds is 6. The maximum absolute atomic E-state index is 11.8. The zero-order valence-corrected chi connectivity index (χ0v) is 12.1. The van der Waals surface area contributed by atoms with Crippen LogP contribution in [0.25, 0.3) is 0 Å². The van der Waals surface area contributed by atoms with E-state index in [1.54, 1.807) is 36.4 Å². The largest absolute Gasteiger partial charge is 0.507 e. The van der Waals surface area contributed by atoms with Crippen molar-refractivity contribution in [3.63, 3.8) is 0 Å². The van der Waals surface area contributed by atoms with Gasteiger partial charge in [0.25, 0.3) is 11.8 Å².